The van der Waals surface area contributed by atoms with Crippen LogP contribution in [-0.4, -0.2) is 24.6 Å². The van der Waals surface area contributed by atoms with Gasteiger partial charge in [-0.25, -0.2) is 4.79 Å². The average Bonchev–Trinajstić information content (AvgIpc) is 2.55. The second-order valence-corrected chi connectivity index (χ2v) is 5.61. The number of para-hydroxylation sites is 1. The number of hydrogen-bond donors (Lipinski definition) is 1. The molecule has 126 valence electrons. The van der Waals surface area contributed by atoms with Crippen molar-refractivity contribution in [3.63, 3.8) is 0 Å². The summed E-state index contributed by atoms with van der Waals surface area (Å²) in [6.45, 7) is 3.14. The van der Waals surface area contributed by atoms with Crippen molar-refractivity contribution in [3.8, 4) is 5.75 Å². The Morgan fingerprint density at radius 2 is 1.92 bits per heavy atom. The summed E-state index contributed by atoms with van der Waals surface area (Å²) in [5.41, 5.74) is 1.48. The Hall–Kier alpha value is -2.53. The number of hydrogen-bond acceptors (Lipinski definition) is 4. The normalized spacial score (nSPS) is 11.5. The van der Waals surface area contributed by atoms with Gasteiger partial charge >= 0.3 is 5.97 Å². The monoisotopic (exact) mass is 347 g/mol. The SMILES string of the molecule is Cc1cccc(OCC(=O)OC(C)C(=O)Nc2ccccc2Cl)c1. The number of carbonyl (C=O) groups is 2. The molecule has 0 saturated carbocycles. The van der Waals surface area contributed by atoms with E-state index in [0.717, 1.165) is 5.56 Å². The molecule has 0 fully saturated rings. The molecule has 2 rings (SSSR count). The molecular weight excluding hydrogens is 330 g/mol. The third kappa shape index (κ3) is 5.28. The number of halogens is 1. The third-order valence-corrected chi connectivity index (χ3v) is 3.48. The van der Waals surface area contributed by atoms with Gasteiger partial charge in [-0.3, -0.25) is 4.79 Å². The van der Waals surface area contributed by atoms with Crippen LogP contribution in [0.3, 0.4) is 0 Å². The van der Waals surface area contributed by atoms with Crippen molar-refractivity contribution in [2.75, 3.05) is 11.9 Å². The minimum absolute atomic E-state index is 0.271. The molecule has 0 heterocycles. The molecule has 24 heavy (non-hydrogen) atoms. The lowest BCUT2D eigenvalue weighted by Gasteiger charge is -2.14. The molecule has 1 N–H and O–H groups in total. The zero-order chi connectivity index (χ0) is 17.5. The van der Waals surface area contributed by atoms with E-state index in [1.54, 1.807) is 36.4 Å². The Bertz CT molecular complexity index is 732. The summed E-state index contributed by atoms with van der Waals surface area (Å²) in [7, 11) is 0. The number of carbonyl (C=O) groups excluding carboxylic acids is 2. The van der Waals surface area contributed by atoms with Crippen molar-refractivity contribution in [1.82, 2.24) is 0 Å². The molecule has 0 aliphatic carbocycles. The van der Waals surface area contributed by atoms with Crippen LogP contribution >= 0.6 is 11.6 Å². The van der Waals surface area contributed by atoms with E-state index in [4.69, 9.17) is 21.1 Å². The number of anilines is 1. The molecule has 2 aromatic carbocycles. The van der Waals surface area contributed by atoms with E-state index in [9.17, 15) is 9.59 Å². The van der Waals surface area contributed by atoms with Crippen LogP contribution in [0.5, 0.6) is 5.75 Å². The highest BCUT2D eigenvalue weighted by Crippen LogP contribution is 2.20. The molecule has 5 nitrogen and oxygen atoms in total. The van der Waals surface area contributed by atoms with E-state index >= 15 is 0 Å². The van der Waals surface area contributed by atoms with E-state index in [1.165, 1.54) is 6.92 Å². The summed E-state index contributed by atoms with van der Waals surface area (Å²) in [6, 6.07) is 14.1. The molecule has 6 heteroatoms. The van der Waals surface area contributed by atoms with Crippen molar-refractivity contribution in [2.24, 2.45) is 0 Å². The van der Waals surface area contributed by atoms with Gasteiger partial charge in [-0.05, 0) is 43.7 Å². The fraction of sp³-hybridized carbons (Fsp3) is 0.222. The maximum atomic E-state index is 12.0. The molecule has 0 aliphatic rings. The molecule has 1 unspecified atom stereocenters. The van der Waals surface area contributed by atoms with E-state index in [0.29, 0.717) is 16.5 Å². The quantitative estimate of drug-likeness (QED) is 0.811. The highest BCUT2D eigenvalue weighted by atomic mass is 35.5. The molecule has 1 amide bonds. The van der Waals surface area contributed by atoms with Gasteiger partial charge in [0.05, 0.1) is 10.7 Å². The Kier molecular flexibility index (Phi) is 6.21. The predicted molar refractivity (Wildman–Crippen MR) is 92.3 cm³/mol. The molecule has 0 aliphatic heterocycles. The second kappa shape index (κ2) is 8.36. The fourth-order valence-electron chi connectivity index (χ4n) is 1.93. The van der Waals surface area contributed by atoms with Gasteiger partial charge in [0, 0.05) is 0 Å². The van der Waals surface area contributed by atoms with Gasteiger partial charge in [0.15, 0.2) is 12.7 Å². The Morgan fingerprint density at radius 3 is 2.62 bits per heavy atom. The molecule has 0 bridgehead atoms. The first-order valence-electron chi connectivity index (χ1n) is 7.40. The third-order valence-electron chi connectivity index (χ3n) is 3.16. The van der Waals surface area contributed by atoms with Gasteiger partial charge in [0.1, 0.15) is 5.75 Å². The summed E-state index contributed by atoms with van der Waals surface area (Å²) in [4.78, 5) is 23.8. The van der Waals surface area contributed by atoms with Crippen molar-refractivity contribution >= 4 is 29.2 Å². The standard InChI is InChI=1S/C18H18ClNO4/c1-12-6-5-7-14(10-12)23-11-17(21)24-13(2)18(22)20-16-9-4-3-8-15(16)19/h3-10,13H,11H2,1-2H3,(H,20,22). The zero-order valence-corrected chi connectivity index (χ0v) is 14.2. The summed E-state index contributed by atoms with van der Waals surface area (Å²) < 4.78 is 10.4. The fourth-order valence-corrected chi connectivity index (χ4v) is 2.11. The van der Waals surface area contributed by atoms with Gasteiger partial charge in [0.2, 0.25) is 0 Å². The van der Waals surface area contributed by atoms with Gasteiger partial charge in [-0.2, -0.15) is 0 Å². The Labute approximate surface area is 145 Å². The maximum absolute atomic E-state index is 12.0. The molecule has 1 atom stereocenters. The van der Waals surface area contributed by atoms with Gasteiger partial charge in [0.25, 0.3) is 5.91 Å². The van der Waals surface area contributed by atoms with Gasteiger partial charge in [-0.1, -0.05) is 35.9 Å². The molecule has 2 aromatic rings. The largest absolute Gasteiger partial charge is 0.482 e. The summed E-state index contributed by atoms with van der Waals surface area (Å²) in [5, 5.41) is 3.02. The number of amides is 1. The van der Waals surface area contributed by atoms with E-state index in [2.05, 4.69) is 5.32 Å². The number of benzene rings is 2. The van der Waals surface area contributed by atoms with Crippen molar-refractivity contribution < 1.29 is 19.1 Å². The minimum atomic E-state index is -0.963. The lowest BCUT2D eigenvalue weighted by atomic mass is 10.2. The molecule has 0 radical (unpaired) electrons. The highest BCUT2D eigenvalue weighted by molar-refractivity contribution is 6.33. The van der Waals surface area contributed by atoms with Crippen LogP contribution in [0.15, 0.2) is 48.5 Å². The summed E-state index contributed by atoms with van der Waals surface area (Å²) in [6.07, 6.45) is -0.963. The molecule has 0 saturated heterocycles. The molecule has 0 aromatic heterocycles. The van der Waals surface area contributed by atoms with Gasteiger partial charge < -0.3 is 14.8 Å². The summed E-state index contributed by atoms with van der Waals surface area (Å²) in [5.74, 6) is -0.523. The maximum Gasteiger partial charge on any atom is 0.344 e. The van der Waals surface area contributed by atoms with Crippen molar-refractivity contribution in [3.05, 3.63) is 59.1 Å². The number of rotatable bonds is 6. The van der Waals surface area contributed by atoms with Crippen LogP contribution in [0.2, 0.25) is 5.02 Å². The first kappa shape index (κ1) is 17.8. The zero-order valence-electron chi connectivity index (χ0n) is 13.4. The highest BCUT2D eigenvalue weighted by Gasteiger charge is 2.19. The number of ether oxygens (including phenoxy) is 2. The number of aryl methyl sites for hydroxylation is 1. The molecule has 0 spiro atoms. The summed E-state index contributed by atoms with van der Waals surface area (Å²) >= 11 is 5.97. The topological polar surface area (TPSA) is 64.6 Å². The minimum Gasteiger partial charge on any atom is -0.482 e. The number of nitrogens with one attached hydrogen (secondary N) is 1. The van der Waals surface area contributed by atoms with Gasteiger partial charge in [-0.15, -0.1) is 0 Å². The van der Waals surface area contributed by atoms with Crippen LogP contribution in [0.4, 0.5) is 5.69 Å². The van der Waals surface area contributed by atoms with E-state index < -0.39 is 18.0 Å². The Balaban J connectivity index is 1.82. The lowest BCUT2D eigenvalue weighted by Crippen LogP contribution is -2.31. The first-order chi connectivity index (χ1) is 11.5. The van der Waals surface area contributed by atoms with E-state index in [1.807, 2.05) is 19.1 Å². The Morgan fingerprint density at radius 1 is 1.17 bits per heavy atom. The smallest absolute Gasteiger partial charge is 0.344 e. The first-order valence-corrected chi connectivity index (χ1v) is 7.78. The van der Waals surface area contributed by atoms with Crippen LogP contribution in [0.25, 0.3) is 0 Å². The van der Waals surface area contributed by atoms with E-state index in [-0.39, 0.29) is 6.61 Å². The van der Waals surface area contributed by atoms with Crippen molar-refractivity contribution in [1.29, 1.82) is 0 Å². The van der Waals surface area contributed by atoms with Crippen LogP contribution < -0.4 is 10.1 Å². The predicted octanol–water partition coefficient (Wildman–Crippen LogP) is 3.60. The second-order valence-electron chi connectivity index (χ2n) is 5.21. The number of esters is 1. The average molecular weight is 348 g/mol. The van der Waals surface area contributed by atoms with Crippen LogP contribution in [0, 0.1) is 6.92 Å². The van der Waals surface area contributed by atoms with Crippen LogP contribution in [-0.2, 0) is 14.3 Å². The van der Waals surface area contributed by atoms with Crippen LogP contribution in [0.1, 0.15) is 12.5 Å². The van der Waals surface area contributed by atoms with Crippen molar-refractivity contribution in [2.45, 2.75) is 20.0 Å². The molecular formula is C18H18ClNO4. The lowest BCUT2D eigenvalue weighted by molar-refractivity contribution is -0.155.